The molecule has 4 heteroatoms. The molecule has 2 heterocycles. The van der Waals surface area contributed by atoms with Gasteiger partial charge in [0.1, 0.15) is 11.7 Å². The van der Waals surface area contributed by atoms with Gasteiger partial charge in [0.05, 0.1) is 6.07 Å². The number of thiophene rings is 1. The van der Waals surface area contributed by atoms with Gasteiger partial charge < -0.3 is 0 Å². The van der Waals surface area contributed by atoms with E-state index in [0.29, 0.717) is 5.82 Å². The monoisotopic (exact) mass is 251 g/mol. The molecule has 0 spiro atoms. The van der Waals surface area contributed by atoms with Gasteiger partial charge in [-0.1, -0.05) is 18.2 Å². The van der Waals surface area contributed by atoms with E-state index in [1.165, 1.54) is 4.70 Å². The maximum atomic E-state index is 9.39. The average Bonchev–Trinajstić information content (AvgIpc) is 2.85. The molecule has 1 aromatic carbocycles. The third kappa shape index (κ3) is 1.75. The average molecular weight is 251 g/mol. The normalized spacial score (nSPS) is 12.2. The first-order valence-corrected chi connectivity index (χ1v) is 6.41. The summed E-state index contributed by atoms with van der Waals surface area (Å²) in [7, 11) is 0. The van der Waals surface area contributed by atoms with Crippen molar-refractivity contribution < 1.29 is 0 Å². The number of rotatable bonds is 2. The predicted molar refractivity (Wildman–Crippen MR) is 71.3 cm³/mol. The summed E-state index contributed by atoms with van der Waals surface area (Å²) in [4.78, 5) is 8.37. The van der Waals surface area contributed by atoms with Crippen LogP contribution in [-0.2, 0) is 0 Å². The zero-order valence-electron chi connectivity index (χ0n) is 9.45. The Labute approximate surface area is 108 Å². The molecule has 0 saturated carbocycles. The number of aromatic nitrogens is 2. The van der Waals surface area contributed by atoms with Crippen molar-refractivity contribution >= 4 is 21.4 Å². The highest BCUT2D eigenvalue weighted by atomic mass is 32.1. The number of hydrogen-bond acceptors (Lipinski definition) is 4. The third-order valence-corrected chi connectivity index (χ3v) is 3.78. The summed E-state index contributed by atoms with van der Waals surface area (Å²) in [6.45, 7) is 0. The Morgan fingerprint density at radius 2 is 1.89 bits per heavy atom. The minimum Gasteiger partial charge on any atom is -0.240 e. The molecule has 86 valence electrons. The summed E-state index contributed by atoms with van der Waals surface area (Å²) < 4.78 is 1.18. The summed E-state index contributed by atoms with van der Waals surface area (Å²) in [5, 5.41) is 12.5. The lowest BCUT2D eigenvalue weighted by Crippen LogP contribution is -2.02. The van der Waals surface area contributed by atoms with Gasteiger partial charge in [-0.15, -0.1) is 11.3 Å². The van der Waals surface area contributed by atoms with Gasteiger partial charge in [-0.25, -0.2) is 9.97 Å². The SMILES string of the molecule is N#CC(c1ncccn1)c1csc2ccccc12. The first-order valence-electron chi connectivity index (χ1n) is 5.53. The van der Waals surface area contributed by atoms with Crippen LogP contribution in [0.5, 0.6) is 0 Å². The van der Waals surface area contributed by atoms with Gasteiger partial charge >= 0.3 is 0 Å². The first kappa shape index (κ1) is 10.9. The maximum absolute atomic E-state index is 9.39. The van der Waals surface area contributed by atoms with Crippen LogP contribution in [-0.4, -0.2) is 9.97 Å². The van der Waals surface area contributed by atoms with Crippen molar-refractivity contribution in [2.45, 2.75) is 5.92 Å². The van der Waals surface area contributed by atoms with Crippen LogP contribution in [0.2, 0.25) is 0 Å². The van der Waals surface area contributed by atoms with Gasteiger partial charge in [0, 0.05) is 17.1 Å². The fourth-order valence-corrected chi connectivity index (χ4v) is 2.93. The summed E-state index contributed by atoms with van der Waals surface area (Å²) in [6, 6.07) is 12.1. The van der Waals surface area contributed by atoms with Crippen molar-refractivity contribution in [2.24, 2.45) is 0 Å². The lowest BCUT2D eigenvalue weighted by molar-refractivity contribution is 0.899. The number of fused-ring (bicyclic) bond motifs is 1. The van der Waals surface area contributed by atoms with Crippen LogP contribution >= 0.6 is 11.3 Å². The molecular formula is C14H9N3S. The Morgan fingerprint density at radius 1 is 1.11 bits per heavy atom. The van der Waals surface area contributed by atoms with E-state index < -0.39 is 5.92 Å². The van der Waals surface area contributed by atoms with E-state index in [-0.39, 0.29) is 0 Å². The largest absolute Gasteiger partial charge is 0.240 e. The Hall–Kier alpha value is -2.25. The Balaban J connectivity index is 2.16. The molecule has 0 amide bonds. The van der Waals surface area contributed by atoms with E-state index >= 15 is 0 Å². The molecule has 1 unspecified atom stereocenters. The van der Waals surface area contributed by atoms with Gasteiger partial charge in [0.15, 0.2) is 0 Å². The van der Waals surface area contributed by atoms with Crippen LogP contribution in [0.25, 0.3) is 10.1 Å². The molecule has 0 N–H and O–H groups in total. The number of nitriles is 1. The zero-order valence-corrected chi connectivity index (χ0v) is 10.3. The highest BCUT2D eigenvalue weighted by molar-refractivity contribution is 7.17. The first-order chi connectivity index (χ1) is 8.90. The molecule has 18 heavy (non-hydrogen) atoms. The van der Waals surface area contributed by atoms with E-state index in [1.807, 2.05) is 23.6 Å². The highest BCUT2D eigenvalue weighted by Gasteiger charge is 2.19. The molecule has 0 saturated heterocycles. The van der Waals surface area contributed by atoms with Crippen molar-refractivity contribution in [3.05, 3.63) is 59.5 Å². The van der Waals surface area contributed by atoms with E-state index in [4.69, 9.17) is 0 Å². The molecular weight excluding hydrogens is 242 g/mol. The second-order valence-electron chi connectivity index (χ2n) is 3.86. The van der Waals surface area contributed by atoms with Gasteiger partial charge in [0.2, 0.25) is 0 Å². The minimum absolute atomic E-state index is 0.401. The summed E-state index contributed by atoms with van der Waals surface area (Å²) >= 11 is 1.65. The molecule has 0 fully saturated rings. The van der Waals surface area contributed by atoms with Crippen LogP contribution in [0.3, 0.4) is 0 Å². The number of nitrogens with zero attached hydrogens (tertiary/aromatic N) is 3. The lowest BCUT2D eigenvalue weighted by Gasteiger charge is -2.06. The molecule has 0 radical (unpaired) electrons. The predicted octanol–water partition coefficient (Wildman–Crippen LogP) is 3.35. The molecule has 1 atom stereocenters. The van der Waals surface area contributed by atoms with Crippen LogP contribution in [0.1, 0.15) is 17.3 Å². The van der Waals surface area contributed by atoms with E-state index in [0.717, 1.165) is 10.9 Å². The van der Waals surface area contributed by atoms with Crippen molar-refractivity contribution in [3.63, 3.8) is 0 Å². The molecule has 3 aromatic rings. The van der Waals surface area contributed by atoms with Crippen LogP contribution in [0, 0.1) is 11.3 Å². The third-order valence-electron chi connectivity index (χ3n) is 2.79. The Bertz CT molecular complexity index is 712. The second-order valence-corrected chi connectivity index (χ2v) is 4.77. The fourth-order valence-electron chi connectivity index (χ4n) is 1.95. The van der Waals surface area contributed by atoms with Crippen molar-refractivity contribution in [2.75, 3.05) is 0 Å². The fraction of sp³-hybridized carbons (Fsp3) is 0.0714. The van der Waals surface area contributed by atoms with E-state index in [9.17, 15) is 5.26 Å². The van der Waals surface area contributed by atoms with Gasteiger partial charge in [-0.05, 0) is 28.5 Å². The topological polar surface area (TPSA) is 49.6 Å². The van der Waals surface area contributed by atoms with Crippen LogP contribution in [0.4, 0.5) is 0 Å². The summed E-state index contributed by atoms with van der Waals surface area (Å²) in [5.41, 5.74) is 0.990. The molecule has 2 aromatic heterocycles. The highest BCUT2D eigenvalue weighted by Crippen LogP contribution is 2.33. The minimum atomic E-state index is -0.401. The molecule has 3 nitrogen and oxygen atoms in total. The molecule has 0 aliphatic heterocycles. The van der Waals surface area contributed by atoms with Crippen LogP contribution < -0.4 is 0 Å². The van der Waals surface area contributed by atoms with Crippen molar-refractivity contribution in [3.8, 4) is 6.07 Å². The summed E-state index contributed by atoms with van der Waals surface area (Å²) in [6.07, 6.45) is 3.34. The second kappa shape index (κ2) is 4.55. The van der Waals surface area contributed by atoms with E-state index in [1.54, 1.807) is 29.8 Å². The van der Waals surface area contributed by atoms with Gasteiger partial charge in [-0.2, -0.15) is 5.26 Å². The van der Waals surface area contributed by atoms with Gasteiger partial charge in [-0.3, -0.25) is 0 Å². The molecule has 0 aliphatic rings. The Kier molecular flexibility index (Phi) is 2.75. The zero-order chi connectivity index (χ0) is 12.4. The van der Waals surface area contributed by atoms with E-state index in [2.05, 4.69) is 22.1 Å². The number of hydrogen-bond donors (Lipinski definition) is 0. The standard InChI is InChI=1S/C14H9N3S/c15-8-11(14-16-6-3-7-17-14)12-9-18-13-5-2-1-4-10(12)13/h1-7,9,11H. The van der Waals surface area contributed by atoms with Crippen molar-refractivity contribution in [1.29, 1.82) is 5.26 Å². The quantitative estimate of drug-likeness (QED) is 0.701. The lowest BCUT2D eigenvalue weighted by atomic mass is 9.99. The molecule has 0 bridgehead atoms. The van der Waals surface area contributed by atoms with Gasteiger partial charge in [0.25, 0.3) is 0 Å². The smallest absolute Gasteiger partial charge is 0.149 e. The molecule has 0 aliphatic carbocycles. The maximum Gasteiger partial charge on any atom is 0.149 e. The number of benzene rings is 1. The van der Waals surface area contributed by atoms with Crippen LogP contribution in [0.15, 0.2) is 48.1 Å². The molecule has 3 rings (SSSR count). The van der Waals surface area contributed by atoms with Crippen molar-refractivity contribution in [1.82, 2.24) is 9.97 Å². The summed E-state index contributed by atoms with van der Waals surface area (Å²) in [5.74, 6) is 0.158. The Morgan fingerprint density at radius 3 is 2.67 bits per heavy atom.